The van der Waals surface area contributed by atoms with Crippen molar-refractivity contribution in [2.24, 2.45) is 0 Å². The van der Waals surface area contributed by atoms with Crippen LogP contribution >= 0.6 is 0 Å². The topological polar surface area (TPSA) is 58.0 Å². The maximum Gasteiger partial charge on any atom is 0.144 e. The first kappa shape index (κ1) is 26.7. The van der Waals surface area contributed by atoms with Crippen molar-refractivity contribution in [2.75, 3.05) is 46.6 Å². The minimum absolute atomic E-state index is 0.207. The van der Waals surface area contributed by atoms with Crippen LogP contribution in [0.2, 0.25) is 0 Å². The van der Waals surface area contributed by atoms with Crippen molar-refractivity contribution < 1.29 is 18.9 Å². The molecule has 3 heterocycles. The Hall–Kier alpha value is -2.87. The minimum Gasteiger partial charge on any atom is -0.494 e. The van der Waals surface area contributed by atoms with Gasteiger partial charge in [-0.15, -0.1) is 0 Å². The molecule has 0 amide bonds. The normalized spacial score (nSPS) is 19.8. The molecule has 0 unspecified atom stereocenters. The van der Waals surface area contributed by atoms with Gasteiger partial charge in [0.05, 0.1) is 42.9 Å². The van der Waals surface area contributed by atoms with E-state index in [2.05, 4.69) is 69.0 Å². The van der Waals surface area contributed by atoms with Crippen LogP contribution in [0, 0.1) is 0 Å². The maximum atomic E-state index is 6.36. The molecule has 2 aliphatic rings. The van der Waals surface area contributed by atoms with Crippen molar-refractivity contribution in [3.05, 3.63) is 60.3 Å². The van der Waals surface area contributed by atoms with E-state index in [4.69, 9.17) is 24.0 Å². The fourth-order valence-electron chi connectivity index (χ4n) is 5.93. The molecule has 2 fully saturated rings. The Morgan fingerprint density at radius 2 is 1.63 bits per heavy atom. The fourth-order valence-corrected chi connectivity index (χ4v) is 5.93. The van der Waals surface area contributed by atoms with E-state index in [0.717, 1.165) is 79.8 Å². The first-order chi connectivity index (χ1) is 18.2. The molecular formula is C31H41N3O4. The number of methoxy groups -OCH3 is 1. The highest BCUT2D eigenvalue weighted by Crippen LogP contribution is 2.44. The molecule has 7 nitrogen and oxygen atoms in total. The number of hydrogen-bond donors (Lipinski definition) is 0. The van der Waals surface area contributed by atoms with Gasteiger partial charge in [-0.2, -0.15) is 5.10 Å². The lowest BCUT2D eigenvalue weighted by atomic mass is 9.79. The van der Waals surface area contributed by atoms with E-state index in [1.165, 1.54) is 0 Å². The first-order valence-electron chi connectivity index (χ1n) is 13.7. The smallest absolute Gasteiger partial charge is 0.144 e. The number of hydrogen-bond acceptors (Lipinski definition) is 6. The van der Waals surface area contributed by atoms with Crippen molar-refractivity contribution in [1.82, 2.24) is 14.7 Å². The molecule has 7 heteroatoms. The van der Waals surface area contributed by atoms with Crippen LogP contribution in [0.25, 0.3) is 16.9 Å². The molecule has 1 aromatic heterocycles. The third-order valence-corrected chi connectivity index (χ3v) is 7.42. The number of ether oxygens (including phenoxy) is 4. The quantitative estimate of drug-likeness (QED) is 0.380. The zero-order valence-corrected chi connectivity index (χ0v) is 23.4. The van der Waals surface area contributed by atoms with Gasteiger partial charge >= 0.3 is 0 Å². The fraction of sp³-hybridized carbons (Fsp3) is 0.516. The summed E-state index contributed by atoms with van der Waals surface area (Å²) in [6.45, 7) is 13.8. The largest absolute Gasteiger partial charge is 0.494 e. The zero-order chi connectivity index (χ0) is 26.8. The lowest BCUT2D eigenvalue weighted by Crippen LogP contribution is -2.44. The molecule has 204 valence electrons. The standard InChI is InChI=1S/C31H41N3O4/c1-30(2)21-24(22-31(3,4)38-30)26-20-28(34(32-26)27-8-6-7-9-29(27)35-5)23-10-12-25(13-11-23)37-19-16-33-14-17-36-18-15-33/h6-13,20,24H,14-19,21-22H2,1-5H3. The van der Waals surface area contributed by atoms with Crippen molar-refractivity contribution in [3.63, 3.8) is 0 Å². The molecule has 0 N–H and O–H groups in total. The van der Waals surface area contributed by atoms with Gasteiger partial charge < -0.3 is 18.9 Å². The summed E-state index contributed by atoms with van der Waals surface area (Å²) in [5.74, 6) is 1.96. The van der Waals surface area contributed by atoms with E-state index in [-0.39, 0.29) is 11.2 Å². The lowest BCUT2D eigenvalue weighted by Gasteiger charge is -2.45. The molecular weight excluding hydrogens is 478 g/mol. The summed E-state index contributed by atoms with van der Waals surface area (Å²) >= 11 is 0. The van der Waals surface area contributed by atoms with Gasteiger partial charge in [-0.3, -0.25) is 4.90 Å². The summed E-state index contributed by atoms with van der Waals surface area (Å²) in [6, 6.07) is 18.6. The van der Waals surface area contributed by atoms with Crippen molar-refractivity contribution in [3.8, 4) is 28.4 Å². The number of benzene rings is 2. The summed E-state index contributed by atoms with van der Waals surface area (Å²) in [7, 11) is 1.70. The molecule has 0 spiro atoms. The minimum atomic E-state index is -0.207. The number of aromatic nitrogens is 2. The van der Waals surface area contributed by atoms with Gasteiger partial charge in [0.15, 0.2) is 0 Å². The van der Waals surface area contributed by atoms with Crippen molar-refractivity contribution in [1.29, 1.82) is 0 Å². The molecule has 0 atom stereocenters. The predicted molar refractivity (Wildman–Crippen MR) is 150 cm³/mol. The summed E-state index contributed by atoms with van der Waals surface area (Å²) < 4.78 is 25.6. The Morgan fingerprint density at radius 3 is 2.32 bits per heavy atom. The molecule has 2 aliphatic heterocycles. The number of para-hydroxylation sites is 2. The van der Waals surface area contributed by atoms with Gasteiger partial charge in [0, 0.05) is 31.1 Å². The Morgan fingerprint density at radius 1 is 0.947 bits per heavy atom. The highest BCUT2D eigenvalue weighted by molar-refractivity contribution is 5.65. The second-order valence-corrected chi connectivity index (χ2v) is 11.6. The molecule has 0 saturated carbocycles. The molecule has 3 aromatic rings. The summed E-state index contributed by atoms with van der Waals surface area (Å²) in [6.07, 6.45) is 1.85. The third-order valence-electron chi connectivity index (χ3n) is 7.42. The second kappa shape index (κ2) is 11.1. The van der Waals surface area contributed by atoms with Gasteiger partial charge in [-0.25, -0.2) is 4.68 Å². The molecule has 5 rings (SSSR count). The SMILES string of the molecule is COc1ccccc1-n1nc(C2CC(C)(C)OC(C)(C)C2)cc1-c1ccc(OCCN2CCOCC2)cc1. The monoisotopic (exact) mass is 519 g/mol. The van der Waals surface area contributed by atoms with Gasteiger partial charge in [0.25, 0.3) is 0 Å². The van der Waals surface area contributed by atoms with Gasteiger partial charge in [0.1, 0.15) is 23.8 Å². The van der Waals surface area contributed by atoms with Crippen molar-refractivity contribution >= 4 is 0 Å². The average Bonchev–Trinajstić information content (AvgIpc) is 3.33. The van der Waals surface area contributed by atoms with Crippen LogP contribution in [-0.4, -0.2) is 72.4 Å². The molecule has 0 radical (unpaired) electrons. The summed E-state index contributed by atoms with van der Waals surface area (Å²) in [5, 5.41) is 5.18. The highest BCUT2D eigenvalue weighted by Gasteiger charge is 2.41. The van der Waals surface area contributed by atoms with E-state index in [0.29, 0.717) is 12.5 Å². The summed E-state index contributed by atoms with van der Waals surface area (Å²) in [5.41, 5.74) is 3.71. The van der Waals surface area contributed by atoms with E-state index < -0.39 is 0 Å². The number of rotatable bonds is 8. The second-order valence-electron chi connectivity index (χ2n) is 11.6. The summed E-state index contributed by atoms with van der Waals surface area (Å²) in [4.78, 5) is 2.38. The van der Waals surface area contributed by atoms with E-state index >= 15 is 0 Å². The van der Waals surface area contributed by atoms with Crippen molar-refractivity contribution in [2.45, 2.75) is 57.7 Å². The predicted octanol–water partition coefficient (Wildman–Crippen LogP) is 5.71. The Bertz CT molecular complexity index is 1200. The molecule has 2 saturated heterocycles. The average molecular weight is 520 g/mol. The Kier molecular flexibility index (Phi) is 7.80. The molecule has 0 bridgehead atoms. The van der Waals surface area contributed by atoms with Crippen LogP contribution in [0.4, 0.5) is 0 Å². The number of nitrogens with zero attached hydrogens (tertiary/aromatic N) is 3. The number of morpholine rings is 1. The van der Waals surface area contributed by atoms with E-state index in [1.54, 1.807) is 7.11 Å². The van der Waals surface area contributed by atoms with Crippen LogP contribution in [0.15, 0.2) is 54.6 Å². The Labute approximate surface area is 226 Å². The van der Waals surface area contributed by atoms with Crippen LogP contribution in [0.3, 0.4) is 0 Å². The van der Waals surface area contributed by atoms with E-state index in [9.17, 15) is 0 Å². The highest BCUT2D eigenvalue weighted by atomic mass is 16.5. The van der Waals surface area contributed by atoms with Gasteiger partial charge in [-0.05, 0) is 83.0 Å². The van der Waals surface area contributed by atoms with E-state index in [1.807, 2.05) is 22.9 Å². The first-order valence-corrected chi connectivity index (χ1v) is 13.7. The Balaban J connectivity index is 1.42. The lowest BCUT2D eigenvalue weighted by molar-refractivity contribution is -0.162. The van der Waals surface area contributed by atoms with Crippen LogP contribution in [0.1, 0.15) is 52.1 Å². The molecule has 0 aliphatic carbocycles. The maximum absolute atomic E-state index is 6.36. The van der Waals surface area contributed by atoms with Crippen LogP contribution < -0.4 is 9.47 Å². The van der Waals surface area contributed by atoms with Crippen LogP contribution in [0.5, 0.6) is 11.5 Å². The van der Waals surface area contributed by atoms with Crippen LogP contribution in [-0.2, 0) is 9.47 Å². The van der Waals surface area contributed by atoms with Gasteiger partial charge in [-0.1, -0.05) is 12.1 Å². The molecule has 2 aromatic carbocycles. The van der Waals surface area contributed by atoms with Gasteiger partial charge in [0.2, 0.25) is 0 Å². The zero-order valence-electron chi connectivity index (χ0n) is 23.4. The molecule has 38 heavy (non-hydrogen) atoms. The third kappa shape index (κ3) is 6.22.